The zero-order chi connectivity index (χ0) is 20.5. The molecule has 8 heteroatoms. The Labute approximate surface area is 174 Å². The van der Waals surface area contributed by atoms with Crippen LogP contribution in [0.2, 0.25) is 0 Å². The van der Waals surface area contributed by atoms with Crippen molar-refractivity contribution < 1.29 is 23.4 Å². The van der Waals surface area contributed by atoms with E-state index in [4.69, 9.17) is 4.74 Å². The third-order valence-corrected chi connectivity index (χ3v) is 5.52. The number of aliphatic hydroxyl groups excluding tert-OH is 1. The highest BCUT2D eigenvalue weighted by atomic mass is 79.9. The second-order valence-corrected chi connectivity index (χ2v) is 8.02. The Morgan fingerprint density at radius 3 is 2.79 bits per heavy atom. The van der Waals surface area contributed by atoms with Crippen LogP contribution < -0.4 is 10.1 Å². The molecule has 1 saturated carbocycles. The fourth-order valence-electron chi connectivity index (χ4n) is 3.13. The molecule has 2 N–H and O–H groups in total. The van der Waals surface area contributed by atoms with Crippen molar-refractivity contribution in [3.63, 3.8) is 0 Å². The lowest BCUT2D eigenvalue weighted by Gasteiger charge is -2.18. The summed E-state index contributed by atoms with van der Waals surface area (Å²) in [5.74, 6) is -0.138. The van der Waals surface area contributed by atoms with Crippen molar-refractivity contribution in [1.82, 2.24) is 9.88 Å². The van der Waals surface area contributed by atoms with Gasteiger partial charge in [-0.2, -0.15) is 0 Å². The summed E-state index contributed by atoms with van der Waals surface area (Å²) in [6.45, 7) is 0.0892. The smallest absolute Gasteiger partial charge is 0.326 e. The molecule has 1 fully saturated rings. The first kappa shape index (κ1) is 19.8. The number of carbonyl (C=O) groups is 1. The van der Waals surface area contributed by atoms with Gasteiger partial charge in [0.05, 0.1) is 29.2 Å². The number of nitrogens with zero attached hydrogens (tertiary/aromatic N) is 1. The number of benzene rings is 2. The van der Waals surface area contributed by atoms with Gasteiger partial charge in [-0.15, -0.1) is 0 Å². The van der Waals surface area contributed by atoms with Crippen molar-refractivity contribution in [3.8, 4) is 5.75 Å². The first-order valence-electron chi connectivity index (χ1n) is 9.25. The molecule has 1 unspecified atom stereocenters. The minimum Gasteiger partial charge on any atom is -0.493 e. The summed E-state index contributed by atoms with van der Waals surface area (Å²) >= 11 is 3.12. The Morgan fingerprint density at radius 1 is 1.28 bits per heavy atom. The quantitative estimate of drug-likeness (QED) is 0.552. The maximum atomic E-state index is 14.0. The van der Waals surface area contributed by atoms with Crippen molar-refractivity contribution in [2.75, 3.05) is 13.2 Å². The fraction of sp³-hybridized carbons (Fsp3) is 0.286. The molecule has 0 bridgehead atoms. The first-order chi connectivity index (χ1) is 13.9. The number of halogens is 3. The normalized spacial score (nSPS) is 14.8. The van der Waals surface area contributed by atoms with Gasteiger partial charge in [0.15, 0.2) is 0 Å². The van der Waals surface area contributed by atoms with Crippen molar-refractivity contribution in [2.45, 2.75) is 18.9 Å². The first-order valence-corrected chi connectivity index (χ1v) is 10.0. The third-order valence-electron chi connectivity index (χ3n) is 4.91. The lowest BCUT2D eigenvalue weighted by molar-refractivity contribution is 0.218. The van der Waals surface area contributed by atoms with Gasteiger partial charge in [-0.1, -0.05) is 0 Å². The summed E-state index contributed by atoms with van der Waals surface area (Å²) in [7, 11) is 0. The number of rotatable bonds is 6. The lowest BCUT2D eigenvalue weighted by atomic mass is 10.1. The van der Waals surface area contributed by atoms with E-state index in [9.17, 15) is 18.7 Å². The number of hydrogen-bond acceptors (Lipinski definition) is 3. The standard InChI is InChI=1S/C21H19BrF2N2O3/c22-17-7-13-3-4-26(20(13)9-18(17)24)21(28)25-19(10-27)14-5-15(23)8-16(6-14)29-11-12-1-2-12/h3-9,12,19,27H,1-2,10-11H2,(H,25,28). The summed E-state index contributed by atoms with van der Waals surface area (Å²) < 4.78 is 35.1. The molecule has 0 radical (unpaired) electrons. The number of ether oxygens (including phenoxy) is 1. The molecule has 0 aliphatic heterocycles. The van der Waals surface area contributed by atoms with E-state index in [0.29, 0.717) is 39.2 Å². The molecular formula is C21H19BrF2N2O3. The number of carbonyl (C=O) groups excluding carboxylic acids is 1. The van der Waals surface area contributed by atoms with Crippen LogP contribution in [0.1, 0.15) is 24.4 Å². The predicted molar refractivity (Wildman–Crippen MR) is 108 cm³/mol. The third kappa shape index (κ3) is 4.43. The van der Waals surface area contributed by atoms with Gasteiger partial charge in [0.2, 0.25) is 0 Å². The van der Waals surface area contributed by atoms with E-state index in [-0.39, 0.29) is 0 Å². The van der Waals surface area contributed by atoms with E-state index in [1.54, 1.807) is 18.2 Å². The number of hydrogen-bond donors (Lipinski definition) is 2. The fourth-order valence-corrected chi connectivity index (χ4v) is 3.49. The summed E-state index contributed by atoms with van der Waals surface area (Å²) in [4.78, 5) is 12.7. The molecule has 2 aromatic carbocycles. The molecule has 1 heterocycles. The van der Waals surface area contributed by atoms with Gasteiger partial charge in [0.1, 0.15) is 17.4 Å². The van der Waals surface area contributed by atoms with Gasteiger partial charge < -0.3 is 15.2 Å². The second-order valence-electron chi connectivity index (χ2n) is 7.17. The van der Waals surface area contributed by atoms with E-state index in [0.717, 1.165) is 12.8 Å². The van der Waals surface area contributed by atoms with Crippen molar-refractivity contribution in [1.29, 1.82) is 0 Å². The summed E-state index contributed by atoms with van der Waals surface area (Å²) in [6.07, 6.45) is 3.73. The Balaban J connectivity index is 1.55. The average Bonchev–Trinajstić information content (AvgIpc) is 3.44. The van der Waals surface area contributed by atoms with Crippen LogP contribution >= 0.6 is 15.9 Å². The second kappa shape index (κ2) is 8.12. The number of amides is 1. The van der Waals surface area contributed by atoms with E-state index >= 15 is 0 Å². The summed E-state index contributed by atoms with van der Waals surface area (Å²) in [6, 6.07) is 7.23. The van der Waals surface area contributed by atoms with Crippen LogP contribution in [0.3, 0.4) is 0 Å². The van der Waals surface area contributed by atoms with Crippen LogP contribution in [0.5, 0.6) is 5.75 Å². The summed E-state index contributed by atoms with van der Waals surface area (Å²) in [5, 5.41) is 13.1. The molecule has 5 nitrogen and oxygen atoms in total. The summed E-state index contributed by atoms with van der Waals surface area (Å²) in [5.41, 5.74) is 0.768. The number of aliphatic hydroxyl groups is 1. The number of aromatic nitrogens is 1. The maximum Gasteiger partial charge on any atom is 0.326 e. The topological polar surface area (TPSA) is 63.5 Å². The van der Waals surface area contributed by atoms with Crippen LogP contribution in [0.25, 0.3) is 10.9 Å². The van der Waals surface area contributed by atoms with Gasteiger partial charge in [-0.25, -0.2) is 13.6 Å². The molecule has 29 heavy (non-hydrogen) atoms. The zero-order valence-corrected chi connectivity index (χ0v) is 17.0. The molecule has 4 rings (SSSR count). The molecule has 0 spiro atoms. The minimum absolute atomic E-state index is 0.301. The van der Waals surface area contributed by atoms with Gasteiger partial charge in [0, 0.05) is 17.6 Å². The number of nitrogens with one attached hydrogen (secondary N) is 1. The van der Waals surface area contributed by atoms with Crippen LogP contribution in [0, 0.1) is 17.6 Å². The monoisotopic (exact) mass is 464 g/mol. The highest BCUT2D eigenvalue weighted by Gasteiger charge is 2.23. The van der Waals surface area contributed by atoms with Gasteiger partial charge in [-0.05, 0) is 70.6 Å². The Morgan fingerprint density at radius 2 is 2.07 bits per heavy atom. The zero-order valence-electron chi connectivity index (χ0n) is 15.4. The minimum atomic E-state index is -0.848. The largest absolute Gasteiger partial charge is 0.493 e. The van der Waals surface area contributed by atoms with Crippen molar-refractivity contribution >= 4 is 32.9 Å². The van der Waals surface area contributed by atoms with E-state index in [2.05, 4.69) is 21.2 Å². The Kier molecular flexibility index (Phi) is 5.56. The Bertz CT molecular complexity index is 1070. The van der Waals surface area contributed by atoms with E-state index in [1.807, 2.05) is 0 Å². The molecular weight excluding hydrogens is 446 g/mol. The van der Waals surface area contributed by atoms with Crippen LogP contribution in [0.15, 0.2) is 47.1 Å². The molecule has 152 valence electrons. The molecule has 1 amide bonds. The van der Waals surface area contributed by atoms with Crippen LogP contribution in [0.4, 0.5) is 13.6 Å². The highest BCUT2D eigenvalue weighted by Crippen LogP contribution is 2.30. The van der Waals surface area contributed by atoms with Gasteiger partial charge in [0.25, 0.3) is 0 Å². The Hall–Kier alpha value is -2.45. The van der Waals surface area contributed by atoms with Gasteiger partial charge >= 0.3 is 6.03 Å². The van der Waals surface area contributed by atoms with E-state index in [1.165, 1.54) is 29.0 Å². The predicted octanol–water partition coefficient (Wildman–Crippen LogP) is 4.76. The molecule has 1 atom stereocenters. The highest BCUT2D eigenvalue weighted by molar-refractivity contribution is 9.10. The van der Waals surface area contributed by atoms with Crippen molar-refractivity contribution in [3.05, 3.63) is 64.3 Å². The van der Waals surface area contributed by atoms with Crippen molar-refractivity contribution in [2.24, 2.45) is 5.92 Å². The average molecular weight is 465 g/mol. The lowest BCUT2D eigenvalue weighted by Crippen LogP contribution is -2.34. The van der Waals surface area contributed by atoms with Gasteiger partial charge in [-0.3, -0.25) is 4.57 Å². The van der Waals surface area contributed by atoms with Crippen LogP contribution in [-0.4, -0.2) is 28.9 Å². The molecule has 1 aliphatic rings. The maximum absolute atomic E-state index is 14.0. The molecule has 0 saturated heterocycles. The van der Waals surface area contributed by atoms with E-state index < -0.39 is 30.3 Å². The molecule has 1 aromatic heterocycles. The number of fused-ring (bicyclic) bond motifs is 1. The van der Waals surface area contributed by atoms with Crippen LogP contribution in [-0.2, 0) is 0 Å². The molecule has 1 aliphatic carbocycles. The SMILES string of the molecule is O=C(NC(CO)c1cc(F)cc(OCC2CC2)c1)n1ccc2cc(Br)c(F)cc21. The molecule has 3 aromatic rings.